The molecule has 0 aliphatic carbocycles. The van der Waals surface area contributed by atoms with E-state index in [1.807, 2.05) is 42.5 Å². The molecule has 0 aromatic heterocycles. The Labute approximate surface area is 174 Å². The number of carbonyl (C=O) groups excluding carboxylic acids is 1. The maximum absolute atomic E-state index is 12.8. The van der Waals surface area contributed by atoms with E-state index in [2.05, 4.69) is 22.3 Å². The Morgan fingerprint density at radius 2 is 1.43 bits per heavy atom. The maximum Gasteiger partial charge on any atom is 0.255 e. The van der Waals surface area contributed by atoms with Crippen molar-refractivity contribution in [2.45, 2.75) is 6.42 Å². The molecule has 3 aromatic rings. The minimum atomic E-state index is -0.141. The fraction of sp³-hybridized carbons (Fsp3) is 0.0870. The van der Waals surface area contributed by atoms with Crippen LogP contribution in [0.25, 0.3) is 5.70 Å². The van der Waals surface area contributed by atoms with Crippen LogP contribution in [0.2, 0.25) is 10.0 Å². The Balaban J connectivity index is 1.70. The summed E-state index contributed by atoms with van der Waals surface area (Å²) < 4.78 is 0. The van der Waals surface area contributed by atoms with Gasteiger partial charge in [0.1, 0.15) is 0 Å². The van der Waals surface area contributed by atoms with Gasteiger partial charge in [-0.1, -0.05) is 53.5 Å². The van der Waals surface area contributed by atoms with Crippen molar-refractivity contribution in [3.63, 3.8) is 0 Å². The number of halogens is 2. The Morgan fingerprint density at radius 3 is 2.07 bits per heavy atom. The highest BCUT2D eigenvalue weighted by atomic mass is 35.5. The fourth-order valence-electron chi connectivity index (χ4n) is 3.35. The number of nitrogens with zero attached hydrogens (tertiary/aromatic N) is 1. The average molecular weight is 409 g/mol. The van der Waals surface area contributed by atoms with E-state index in [9.17, 15) is 4.79 Å². The van der Waals surface area contributed by atoms with Gasteiger partial charge in [0.15, 0.2) is 0 Å². The number of benzene rings is 3. The molecule has 3 nitrogen and oxygen atoms in total. The van der Waals surface area contributed by atoms with Crippen LogP contribution in [0.1, 0.15) is 22.3 Å². The smallest absolute Gasteiger partial charge is 0.255 e. The third-order valence-corrected chi connectivity index (χ3v) is 5.20. The van der Waals surface area contributed by atoms with Crippen molar-refractivity contribution in [2.24, 2.45) is 0 Å². The summed E-state index contributed by atoms with van der Waals surface area (Å²) in [5, 5.41) is 4.41. The van der Waals surface area contributed by atoms with Gasteiger partial charge in [0.2, 0.25) is 0 Å². The molecule has 140 valence electrons. The van der Waals surface area contributed by atoms with Crippen molar-refractivity contribution >= 4 is 40.5 Å². The van der Waals surface area contributed by atoms with Crippen LogP contribution in [0.15, 0.2) is 84.6 Å². The van der Waals surface area contributed by atoms with E-state index in [-0.39, 0.29) is 5.91 Å². The number of rotatable bonds is 4. The first kappa shape index (κ1) is 18.6. The molecule has 0 radical (unpaired) electrons. The molecule has 0 fully saturated rings. The van der Waals surface area contributed by atoms with E-state index >= 15 is 0 Å². The molecule has 0 atom stereocenters. The highest BCUT2D eigenvalue weighted by Gasteiger charge is 2.26. The Morgan fingerprint density at radius 1 is 0.821 bits per heavy atom. The second kappa shape index (κ2) is 8.09. The second-order valence-electron chi connectivity index (χ2n) is 6.53. The van der Waals surface area contributed by atoms with Crippen molar-refractivity contribution in [3.8, 4) is 0 Å². The number of hydrogen-bond donors (Lipinski definition) is 1. The van der Waals surface area contributed by atoms with Crippen molar-refractivity contribution in [3.05, 3.63) is 106 Å². The molecule has 4 rings (SSSR count). The lowest BCUT2D eigenvalue weighted by molar-refractivity contribution is 0.0965. The van der Waals surface area contributed by atoms with Gasteiger partial charge < -0.3 is 10.2 Å². The van der Waals surface area contributed by atoms with Crippen molar-refractivity contribution in [1.29, 1.82) is 0 Å². The summed E-state index contributed by atoms with van der Waals surface area (Å²) in [5.41, 5.74) is 4.58. The third-order valence-electron chi connectivity index (χ3n) is 4.70. The van der Waals surface area contributed by atoms with Gasteiger partial charge in [-0.05, 0) is 54.1 Å². The predicted octanol–water partition coefficient (Wildman–Crippen LogP) is 6.00. The summed E-state index contributed by atoms with van der Waals surface area (Å²) in [5.74, 6) is -0.141. The number of nitrogens with one attached hydrogen (secondary N) is 1. The van der Waals surface area contributed by atoms with Crippen LogP contribution in [0, 0.1) is 0 Å². The van der Waals surface area contributed by atoms with E-state index in [1.54, 1.807) is 24.3 Å². The Bertz CT molecular complexity index is 1010. The quantitative estimate of drug-likeness (QED) is 0.573. The van der Waals surface area contributed by atoms with Crippen LogP contribution < -0.4 is 10.2 Å². The van der Waals surface area contributed by atoms with Gasteiger partial charge in [-0.25, -0.2) is 0 Å². The van der Waals surface area contributed by atoms with Gasteiger partial charge in [0.05, 0.1) is 5.70 Å². The Kier molecular flexibility index (Phi) is 5.38. The van der Waals surface area contributed by atoms with Crippen LogP contribution in [0.4, 0.5) is 5.69 Å². The van der Waals surface area contributed by atoms with E-state index in [4.69, 9.17) is 23.2 Å². The van der Waals surface area contributed by atoms with Gasteiger partial charge in [0, 0.05) is 40.0 Å². The lowest BCUT2D eigenvalue weighted by atomic mass is 10.1. The molecule has 1 aliphatic rings. The zero-order valence-electron chi connectivity index (χ0n) is 15.0. The van der Waals surface area contributed by atoms with Gasteiger partial charge in [-0.2, -0.15) is 0 Å². The first-order chi connectivity index (χ1) is 13.6. The van der Waals surface area contributed by atoms with Crippen molar-refractivity contribution in [2.75, 3.05) is 11.4 Å². The third kappa shape index (κ3) is 3.91. The highest BCUT2D eigenvalue weighted by Crippen LogP contribution is 2.35. The molecule has 0 spiro atoms. The van der Waals surface area contributed by atoms with Crippen LogP contribution >= 0.6 is 23.2 Å². The monoisotopic (exact) mass is 408 g/mol. The summed E-state index contributed by atoms with van der Waals surface area (Å²) in [6.07, 6.45) is 0.742. The molecule has 3 aromatic carbocycles. The van der Waals surface area contributed by atoms with Crippen LogP contribution in [0.3, 0.4) is 0 Å². The summed E-state index contributed by atoms with van der Waals surface area (Å²) in [7, 11) is 0. The zero-order valence-corrected chi connectivity index (χ0v) is 16.5. The number of anilines is 1. The first-order valence-corrected chi connectivity index (χ1v) is 9.76. The second-order valence-corrected chi connectivity index (χ2v) is 7.41. The molecule has 28 heavy (non-hydrogen) atoms. The summed E-state index contributed by atoms with van der Waals surface area (Å²) in [6, 6.07) is 24.7. The minimum absolute atomic E-state index is 0.141. The topological polar surface area (TPSA) is 32.3 Å². The molecule has 0 unspecified atom stereocenters. The minimum Gasteiger partial charge on any atom is -0.339 e. The predicted molar refractivity (Wildman–Crippen MR) is 116 cm³/mol. The van der Waals surface area contributed by atoms with Gasteiger partial charge >= 0.3 is 0 Å². The van der Waals surface area contributed by atoms with E-state index in [0.29, 0.717) is 15.6 Å². The van der Waals surface area contributed by atoms with E-state index < -0.39 is 0 Å². The molecule has 5 heteroatoms. The molecule has 1 aliphatic heterocycles. The molecule has 1 N–H and O–H groups in total. The summed E-state index contributed by atoms with van der Waals surface area (Å²) >= 11 is 12.0. The molecule has 1 amide bonds. The largest absolute Gasteiger partial charge is 0.339 e. The lowest BCUT2D eigenvalue weighted by Gasteiger charge is -2.23. The molecule has 0 saturated carbocycles. The Hall–Kier alpha value is -2.75. The molecular weight excluding hydrogens is 391 g/mol. The normalized spacial score (nSPS) is 13.7. The molecule has 0 bridgehead atoms. The van der Waals surface area contributed by atoms with Gasteiger partial charge in [0.25, 0.3) is 5.91 Å². The standard InChI is InChI=1S/C23H18Cl2N2O/c24-18-8-6-17(7-9-18)23(28)26-21-14-15-27(20-12-10-19(25)11-13-20)22(21)16-4-2-1-3-5-16/h1-13H,14-15H2,(H,26,28). The molecular formula is C23H18Cl2N2O. The summed E-state index contributed by atoms with van der Waals surface area (Å²) in [6.45, 7) is 0.780. The molecule has 0 saturated heterocycles. The number of hydrogen-bond acceptors (Lipinski definition) is 2. The van der Waals surface area contributed by atoms with Gasteiger partial charge in [-0.15, -0.1) is 0 Å². The van der Waals surface area contributed by atoms with Gasteiger partial charge in [-0.3, -0.25) is 4.79 Å². The van der Waals surface area contributed by atoms with Crippen molar-refractivity contribution < 1.29 is 4.79 Å². The van der Waals surface area contributed by atoms with E-state index in [0.717, 1.165) is 35.6 Å². The van der Waals surface area contributed by atoms with Crippen molar-refractivity contribution in [1.82, 2.24) is 5.32 Å². The number of carbonyl (C=O) groups is 1. The number of amides is 1. The summed E-state index contributed by atoms with van der Waals surface area (Å²) in [4.78, 5) is 15.0. The maximum atomic E-state index is 12.8. The van der Waals surface area contributed by atoms with E-state index in [1.165, 1.54) is 0 Å². The van der Waals surface area contributed by atoms with Crippen LogP contribution in [0.5, 0.6) is 0 Å². The first-order valence-electron chi connectivity index (χ1n) is 9.00. The SMILES string of the molecule is O=C(NC1=C(c2ccccc2)N(c2ccc(Cl)cc2)CC1)c1ccc(Cl)cc1. The molecule has 1 heterocycles. The average Bonchev–Trinajstić information content (AvgIpc) is 3.13. The van der Waals surface area contributed by atoms with Crippen LogP contribution in [-0.2, 0) is 0 Å². The lowest BCUT2D eigenvalue weighted by Crippen LogP contribution is -2.23. The zero-order chi connectivity index (χ0) is 19.5. The highest BCUT2D eigenvalue weighted by molar-refractivity contribution is 6.31. The fourth-order valence-corrected chi connectivity index (χ4v) is 3.61. The van der Waals surface area contributed by atoms with Crippen LogP contribution in [-0.4, -0.2) is 12.5 Å².